The monoisotopic (exact) mass is 336 g/mol. The number of alkyl halides is 2. The minimum absolute atomic E-state index is 0.0603. The number of halogens is 2. The Morgan fingerprint density at radius 2 is 1.57 bits per heavy atom. The average molecular weight is 336 g/mol. The molecule has 23 heavy (non-hydrogen) atoms. The van der Waals surface area contributed by atoms with E-state index in [2.05, 4.69) is 15.4 Å². The Morgan fingerprint density at radius 1 is 0.957 bits per heavy atom. The van der Waals surface area contributed by atoms with Gasteiger partial charge in [0, 0.05) is 5.69 Å². The maximum atomic E-state index is 12.5. The van der Waals surface area contributed by atoms with Crippen molar-refractivity contribution in [1.29, 1.82) is 0 Å². The first-order chi connectivity index (χ1) is 10.8. The molecule has 0 aliphatic heterocycles. The van der Waals surface area contributed by atoms with Gasteiger partial charge in [-0.15, -0.1) is 0 Å². The second-order valence-corrected chi connectivity index (χ2v) is 5.68. The first-order valence-electron chi connectivity index (χ1n) is 7.06. The molecule has 0 aromatic heterocycles. The molecule has 0 saturated heterocycles. The SMILES string of the molecule is Cc1ccc(C)c(NC(=S)Nc2ccc(C)cc2OC(F)F)c1. The van der Waals surface area contributed by atoms with Crippen LogP contribution in [-0.4, -0.2) is 11.7 Å². The van der Waals surface area contributed by atoms with E-state index in [4.69, 9.17) is 12.2 Å². The van der Waals surface area contributed by atoms with E-state index >= 15 is 0 Å². The number of hydrogen-bond acceptors (Lipinski definition) is 2. The van der Waals surface area contributed by atoms with E-state index in [1.54, 1.807) is 19.1 Å². The van der Waals surface area contributed by atoms with Crippen molar-refractivity contribution >= 4 is 28.7 Å². The van der Waals surface area contributed by atoms with Crippen LogP contribution >= 0.6 is 12.2 Å². The Labute approximate surface area is 139 Å². The van der Waals surface area contributed by atoms with Gasteiger partial charge in [-0.25, -0.2) is 0 Å². The van der Waals surface area contributed by atoms with Gasteiger partial charge in [0.1, 0.15) is 5.75 Å². The van der Waals surface area contributed by atoms with Crippen LogP contribution in [0.3, 0.4) is 0 Å². The zero-order valence-electron chi connectivity index (χ0n) is 13.1. The lowest BCUT2D eigenvalue weighted by atomic mass is 10.1. The molecule has 0 saturated carbocycles. The average Bonchev–Trinajstić information content (AvgIpc) is 2.45. The van der Waals surface area contributed by atoms with Crippen LogP contribution in [0.25, 0.3) is 0 Å². The standard InChI is InChI=1S/C17H18F2N2OS/c1-10-4-6-12(3)14(8-10)21-17(23)20-13-7-5-11(2)9-15(13)22-16(18)19/h4-9,16H,1-3H3,(H2,20,21,23). The van der Waals surface area contributed by atoms with Gasteiger partial charge < -0.3 is 15.4 Å². The number of benzene rings is 2. The van der Waals surface area contributed by atoms with E-state index in [0.29, 0.717) is 10.8 Å². The summed E-state index contributed by atoms with van der Waals surface area (Å²) >= 11 is 5.26. The van der Waals surface area contributed by atoms with Gasteiger partial charge >= 0.3 is 6.61 Å². The molecule has 0 spiro atoms. The lowest BCUT2D eigenvalue weighted by Gasteiger charge is -2.16. The molecular formula is C17H18F2N2OS. The summed E-state index contributed by atoms with van der Waals surface area (Å²) in [6.45, 7) is 2.85. The topological polar surface area (TPSA) is 33.3 Å². The maximum absolute atomic E-state index is 12.5. The van der Waals surface area contributed by atoms with E-state index in [1.165, 1.54) is 6.07 Å². The molecule has 0 aliphatic rings. The second-order valence-electron chi connectivity index (χ2n) is 5.28. The van der Waals surface area contributed by atoms with E-state index in [-0.39, 0.29) is 5.75 Å². The number of thiocarbonyl (C=S) groups is 1. The van der Waals surface area contributed by atoms with Gasteiger partial charge in [-0.2, -0.15) is 8.78 Å². The Morgan fingerprint density at radius 3 is 2.26 bits per heavy atom. The molecule has 2 aromatic carbocycles. The van der Waals surface area contributed by atoms with Crippen LogP contribution in [0.1, 0.15) is 16.7 Å². The molecule has 0 unspecified atom stereocenters. The summed E-state index contributed by atoms with van der Waals surface area (Å²) in [4.78, 5) is 0. The van der Waals surface area contributed by atoms with Crippen LogP contribution < -0.4 is 15.4 Å². The fraction of sp³-hybridized carbons (Fsp3) is 0.235. The normalized spacial score (nSPS) is 10.5. The van der Waals surface area contributed by atoms with E-state index < -0.39 is 6.61 Å². The van der Waals surface area contributed by atoms with E-state index in [0.717, 1.165) is 22.4 Å². The van der Waals surface area contributed by atoms with Crippen LogP contribution in [0.4, 0.5) is 20.2 Å². The number of nitrogens with one attached hydrogen (secondary N) is 2. The molecule has 0 radical (unpaired) electrons. The molecular weight excluding hydrogens is 318 g/mol. The highest BCUT2D eigenvalue weighted by molar-refractivity contribution is 7.80. The molecule has 2 rings (SSSR count). The van der Waals surface area contributed by atoms with Gasteiger partial charge in [-0.05, 0) is 67.9 Å². The zero-order valence-corrected chi connectivity index (χ0v) is 13.9. The van der Waals surface area contributed by atoms with Gasteiger partial charge in [0.15, 0.2) is 5.11 Å². The predicted molar refractivity (Wildman–Crippen MR) is 93.6 cm³/mol. The summed E-state index contributed by atoms with van der Waals surface area (Å²) in [6, 6.07) is 10.9. The molecule has 0 bridgehead atoms. The molecule has 6 heteroatoms. The maximum Gasteiger partial charge on any atom is 0.387 e. The first-order valence-corrected chi connectivity index (χ1v) is 7.46. The zero-order chi connectivity index (χ0) is 17.0. The third-order valence-corrected chi connectivity index (χ3v) is 3.45. The van der Waals surface area contributed by atoms with E-state index in [9.17, 15) is 8.78 Å². The highest BCUT2D eigenvalue weighted by Gasteiger charge is 2.11. The third-order valence-electron chi connectivity index (χ3n) is 3.24. The fourth-order valence-corrected chi connectivity index (χ4v) is 2.29. The Bertz CT molecular complexity index is 720. The van der Waals surface area contributed by atoms with Gasteiger partial charge in [0.05, 0.1) is 5.69 Å². The Balaban J connectivity index is 2.15. The van der Waals surface area contributed by atoms with Crippen molar-refractivity contribution in [2.75, 3.05) is 10.6 Å². The molecule has 0 atom stereocenters. The minimum Gasteiger partial charge on any atom is -0.433 e. The summed E-state index contributed by atoms with van der Waals surface area (Å²) < 4.78 is 29.6. The van der Waals surface area contributed by atoms with Crippen LogP contribution in [0, 0.1) is 20.8 Å². The van der Waals surface area contributed by atoms with Crippen molar-refractivity contribution in [3.63, 3.8) is 0 Å². The van der Waals surface area contributed by atoms with Crippen molar-refractivity contribution in [2.24, 2.45) is 0 Å². The largest absolute Gasteiger partial charge is 0.433 e. The minimum atomic E-state index is -2.89. The van der Waals surface area contributed by atoms with Crippen molar-refractivity contribution < 1.29 is 13.5 Å². The van der Waals surface area contributed by atoms with Crippen LogP contribution in [-0.2, 0) is 0 Å². The number of anilines is 2. The molecule has 0 fully saturated rings. The highest BCUT2D eigenvalue weighted by atomic mass is 32.1. The Kier molecular flexibility index (Phi) is 5.50. The van der Waals surface area contributed by atoms with Gasteiger partial charge in [0.25, 0.3) is 0 Å². The van der Waals surface area contributed by atoms with Crippen LogP contribution in [0.5, 0.6) is 5.75 Å². The van der Waals surface area contributed by atoms with Gasteiger partial charge in [0.2, 0.25) is 0 Å². The van der Waals surface area contributed by atoms with E-state index in [1.807, 2.05) is 32.0 Å². The summed E-state index contributed by atoms with van der Waals surface area (Å²) in [5.41, 5.74) is 4.20. The van der Waals surface area contributed by atoms with Gasteiger partial charge in [-0.1, -0.05) is 18.2 Å². The second kappa shape index (κ2) is 7.37. The van der Waals surface area contributed by atoms with Crippen LogP contribution in [0.15, 0.2) is 36.4 Å². The molecule has 2 N–H and O–H groups in total. The number of hydrogen-bond donors (Lipinski definition) is 2. The third kappa shape index (κ3) is 4.89. The van der Waals surface area contributed by atoms with Crippen LogP contribution in [0.2, 0.25) is 0 Å². The molecule has 0 heterocycles. The first kappa shape index (κ1) is 17.1. The number of rotatable bonds is 4. The summed E-state index contributed by atoms with van der Waals surface area (Å²) in [5, 5.41) is 6.28. The predicted octanol–water partition coefficient (Wildman–Crippen LogP) is 5.02. The van der Waals surface area contributed by atoms with Crippen molar-refractivity contribution in [3.05, 3.63) is 53.1 Å². The van der Waals surface area contributed by atoms with Crippen molar-refractivity contribution in [3.8, 4) is 5.75 Å². The van der Waals surface area contributed by atoms with Crippen molar-refractivity contribution in [2.45, 2.75) is 27.4 Å². The highest BCUT2D eigenvalue weighted by Crippen LogP contribution is 2.27. The molecule has 2 aromatic rings. The lowest BCUT2D eigenvalue weighted by molar-refractivity contribution is -0.0493. The number of aryl methyl sites for hydroxylation is 3. The quantitative estimate of drug-likeness (QED) is 0.768. The fourth-order valence-electron chi connectivity index (χ4n) is 2.07. The Hall–Kier alpha value is -2.21. The molecule has 122 valence electrons. The van der Waals surface area contributed by atoms with Gasteiger partial charge in [-0.3, -0.25) is 0 Å². The van der Waals surface area contributed by atoms with Crippen molar-refractivity contribution in [1.82, 2.24) is 0 Å². The summed E-state index contributed by atoms with van der Waals surface area (Å²) in [7, 11) is 0. The summed E-state index contributed by atoms with van der Waals surface area (Å²) in [5.74, 6) is 0.0603. The molecule has 0 amide bonds. The smallest absolute Gasteiger partial charge is 0.387 e. The summed E-state index contributed by atoms with van der Waals surface area (Å²) in [6.07, 6.45) is 0. The molecule has 0 aliphatic carbocycles. The lowest BCUT2D eigenvalue weighted by Crippen LogP contribution is -2.20. The number of ether oxygens (including phenoxy) is 1. The molecule has 3 nitrogen and oxygen atoms in total.